The number of hydrogen-bond acceptors (Lipinski definition) is 4. The van der Waals surface area contributed by atoms with Crippen molar-refractivity contribution in [1.82, 2.24) is 14.5 Å². The van der Waals surface area contributed by atoms with Crippen LogP contribution in [0, 0.1) is 0 Å². The Bertz CT molecular complexity index is 967. The number of fused-ring (bicyclic) bond motifs is 1. The lowest BCUT2D eigenvalue weighted by Gasteiger charge is -2.18. The second-order valence-electron chi connectivity index (χ2n) is 5.74. The minimum atomic E-state index is -0.0552. The van der Waals surface area contributed by atoms with Gasteiger partial charge in [0.25, 0.3) is 5.56 Å². The van der Waals surface area contributed by atoms with E-state index in [2.05, 4.69) is 29.1 Å². The molecule has 0 radical (unpaired) electrons. The second-order valence-corrected chi connectivity index (χ2v) is 6.55. The van der Waals surface area contributed by atoms with Crippen LogP contribution in [0.5, 0.6) is 0 Å². The molecule has 0 fully saturated rings. The number of nitrogens with one attached hydrogen (secondary N) is 1. The maximum Gasteiger partial charge on any atom is 0.252 e. The molecular formula is C18H18Cl2N4O. The van der Waals surface area contributed by atoms with Gasteiger partial charge in [-0.1, -0.05) is 37.0 Å². The lowest BCUT2D eigenvalue weighted by molar-refractivity contribution is 0.470. The average Bonchev–Trinajstić information content (AvgIpc) is 2.61. The molecule has 0 aliphatic heterocycles. The molecule has 5 nitrogen and oxygen atoms in total. The van der Waals surface area contributed by atoms with Crippen molar-refractivity contribution < 1.29 is 0 Å². The summed E-state index contributed by atoms with van der Waals surface area (Å²) in [7, 11) is 0. The number of pyridine rings is 1. The van der Waals surface area contributed by atoms with E-state index in [1.54, 1.807) is 41.1 Å². The summed E-state index contributed by atoms with van der Waals surface area (Å²) in [5, 5.41) is 4.86. The Hall–Kier alpha value is -2.11. The quantitative estimate of drug-likeness (QED) is 0.664. The van der Waals surface area contributed by atoms with Crippen LogP contribution in [0.15, 0.2) is 41.3 Å². The van der Waals surface area contributed by atoms with Gasteiger partial charge in [0.2, 0.25) is 5.95 Å². The smallest absolute Gasteiger partial charge is 0.252 e. The fraction of sp³-hybridized carbons (Fsp3) is 0.278. The van der Waals surface area contributed by atoms with Crippen molar-refractivity contribution in [2.24, 2.45) is 0 Å². The normalized spacial score (nSPS) is 11.2. The first-order valence-electron chi connectivity index (χ1n) is 8.13. The van der Waals surface area contributed by atoms with E-state index in [0.29, 0.717) is 21.6 Å². The third-order valence-electron chi connectivity index (χ3n) is 4.15. The zero-order valence-electron chi connectivity index (χ0n) is 14.0. The van der Waals surface area contributed by atoms with Crippen molar-refractivity contribution in [3.05, 3.63) is 56.9 Å². The Labute approximate surface area is 155 Å². The molecule has 0 bridgehead atoms. The van der Waals surface area contributed by atoms with E-state index in [1.165, 1.54) is 0 Å². The molecule has 0 saturated carbocycles. The Kier molecular flexibility index (Phi) is 5.25. The summed E-state index contributed by atoms with van der Waals surface area (Å²) in [6, 6.07) is 8.61. The number of nitrogens with zero attached hydrogens (tertiary/aromatic N) is 3. The number of halogens is 2. The van der Waals surface area contributed by atoms with Gasteiger partial charge in [0, 0.05) is 29.4 Å². The van der Waals surface area contributed by atoms with Crippen LogP contribution in [0.4, 0.5) is 11.6 Å². The van der Waals surface area contributed by atoms with Gasteiger partial charge in [0.15, 0.2) is 0 Å². The molecule has 2 aromatic heterocycles. The highest BCUT2D eigenvalue weighted by Gasteiger charge is 2.14. The van der Waals surface area contributed by atoms with Gasteiger partial charge in [-0.2, -0.15) is 4.98 Å². The highest BCUT2D eigenvalue weighted by atomic mass is 35.5. The van der Waals surface area contributed by atoms with Gasteiger partial charge in [-0.15, -0.1) is 0 Å². The number of aromatic nitrogens is 3. The molecule has 0 saturated heterocycles. The lowest BCUT2D eigenvalue weighted by Crippen LogP contribution is -2.24. The Morgan fingerprint density at radius 1 is 1.12 bits per heavy atom. The SMILES string of the molecule is CCC(CC)n1c(=O)ccc2cnc(Nc3ccc(Cl)c(Cl)c3)nc21. The predicted octanol–water partition coefficient (Wildman–Crippen LogP) is 5.20. The zero-order valence-corrected chi connectivity index (χ0v) is 15.5. The fourth-order valence-corrected chi connectivity index (χ4v) is 3.11. The lowest BCUT2D eigenvalue weighted by atomic mass is 10.1. The van der Waals surface area contributed by atoms with Crippen LogP contribution in [0.1, 0.15) is 32.7 Å². The fourth-order valence-electron chi connectivity index (χ4n) is 2.81. The number of rotatable bonds is 5. The number of benzene rings is 1. The summed E-state index contributed by atoms with van der Waals surface area (Å²) in [5.41, 5.74) is 1.29. The van der Waals surface area contributed by atoms with Crippen LogP contribution < -0.4 is 10.9 Å². The van der Waals surface area contributed by atoms with Gasteiger partial charge in [-0.05, 0) is 37.1 Å². The maximum absolute atomic E-state index is 12.4. The van der Waals surface area contributed by atoms with Gasteiger partial charge < -0.3 is 5.32 Å². The van der Waals surface area contributed by atoms with Gasteiger partial charge in [-0.25, -0.2) is 4.98 Å². The molecule has 0 atom stereocenters. The molecule has 25 heavy (non-hydrogen) atoms. The topological polar surface area (TPSA) is 59.8 Å². The minimum absolute atomic E-state index is 0.0552. The van der Waals surface area contributed by atoms with Crippen molar-refractivity contribution in [1.29, 1.82) is 0 Å². The molecule has 1 aromatic carbocycles. The third kappa shape index (κ3) is 3.62. The highest BCUT2D eigenvalue weighted by Crippen LogP contribution is 2.27. The standard InChI is InChI=1S/C18H18Cl2N4O/c1-3-13(4-2)24-16(25)8-5-11-10-21-18(23-17(11)24)22-12-6-7-14(19)15(20)9-12/h5-10,13H,3-4H2,1-2H3,(H,21,22,23). The van der Waals surface area contributed by atoms with E-state index in [0.717, 1.165) is 23.9 Å². The largest absolute Gasteiger partial charge is 0.324 e. The van der Waals surface area contributed by atoms with Crippen LogP contribution in [0.2, 0.25) is 10.0 Å². The van der Waals surface area contributed by atoms with Gasteiger partial charge in [0.1, 0.15) is 5.65 Å². The van der Waals surface area contributed by atoms with Gasteiger partial charge in [-0.3, -0.25) is 9.36 Å². The average molecular weight is 377 g/mol. The van der Waals surface area contributed by atoms with Crippen molar-refractivity contribution >= 4 is 45.9 Å². The first kappa shape index (κ1) is 17.7. The summed E-state index contributed by atoms with van der Waals surface area (Å²) >= 11 is 12.0. The van der Waals surface area contributed by atoms with Crippen molar-refractivity contribution in [2.75, 3.05) is 5.32 Å². The number of hydrogen-bond donors (Lipinski definition) is 1. The molecule has 0 aliphatic rings. The summed E-state index contributed by atoms with van der Waals surface area (Å²) < 4.78 is 1.75. The van der Waals surface area contributed by atoms with E-state index >= 15 is 0 Å². The predicted molar refractivity (Wildman–Crippen MR) is 103 cm³/mol. The van der Waals surface area contributed by atoms with Crippen LogP contribution in [-0.2, 0) is 0 Å². The number of anilines is 2. The highest BCUT2D eigenvalue weighted by molar-refractivity contribution is 6.42. The second kappa shape index (κ2) is 7.42. The summed E-state index contributed by atoms with van der Waals surface area (Å²) in [4.78, 5) is 21.3. The summed E-state index contributed by atoms with van der Waals surface area (Å²) in [6.45, 7) is 4.13. The first-order valence-corrected chi connectivity index (χ1v) is 8.89. The van der Waals surface area contributed by atoms with Gasteiger partial charge >= 0.3 is 0 Å². The first-order chi connectivity index (χ1) is 12.0. The van der Waals surface area contributed by atoms with Gasteiger partial charge in [0.05, 0.1) is 10.0 Å². The molecule has 0 spiro atoms. The molecule has 7 heteroatoms. The van der Waals surface area contributed by atoms with Crippen molar-refractivity contribution in [3.8, 4) is 0 Å². The molecule has 3 aromatic rings. The summed E-state index contributed by atoms with van der Waals surface area (Å²) in [6.07, 6.45) is 3.42. The van der Waals surface area contributed by atoms with Crippen LogP contribution in [0.3, 0.4) is 0 Å². The van der Waals surface area contributed by atoms with E-state index in [9.17, 15) is 4.79 Å². The minimum Gasteiger partial charge on any atom is -0.324 e. The Morgan fingerprint density at radius 2 is 1.88 bits per heavy atom. The maximum atomic E-state index is 12.4. The van der Waals surface area contributed by atoms with E-state index in [4.69, 9.17) is 23.2 Å². The Balaban J connectivity index is 2.07. The van der Waals surface area contributed by atoms with E-state index in [-0.39, 0.29) is 11.6 Å². The molecule has 130 valence electrons. The van der Waals surface area contributed by atoms with Crippen molar-refractivity contribution in [3.63, 3.8) is 0 Å². The molecule has 2 heterocycles. The molecular weight excluding hydrogens is 359 g/mol. The molecule has 1 N–H and O–H groups in total. The molecule has 3 rings (SSSR count). The molecule has 0 aliphatic carbocycles. The van der Waals surface area contributed by atoms with E-state index < -0.39 is 0 Å². The monoisotopic (exact) mass is 376 g/mol. The third-order valence-corrected chi connectivity index (χ3v) is 4.89. The van der Waals surface area contributed by atoms with Crippen LogP contribution in [0.25, 0.3) is 11.0 Å². The van der Waals surface area contributed by atoms with Crippen molar-refractivity contribution in [2.45, 2.75) is 32.7 Å². The van der Waals surface area contributed by atoms with E-state index in [1.807, 2.05) is 0 Å². The van der Waals surface area contributed by atoms with Crippen LogP contribution in [-0.4, -0.2) is 14.5 Å². The molecule has 0 unspecified atom stereocenters. The zero-order chi connectivity index (χ0) is 18.0. The molecule has 0 amide bonds. The van der Waals surface area contributed by atoms with Crippen LogP contribution >= 0.6 is 23.2 Å². The Morgan fingerprint density at radius 3 is 2.56 bits per heavy atom. The summed E-state index contributed by atoms with van der Waals surface area (Å²) in [5.74, 6) is 0.399.